The maximum Gasteiger partial charge on any atom is 0.220 e. The molecule has 1 aliphatic rings. The Morgan fingerprint density at radius 3 is 1.26 bits per heavy atom. The highest BCUT2D eigenvalue weighted by Crippen LogP contribution is 2.26. The Kier molecular flexibility index (Phi) is 32.6. The first-order valence-corrected chi connectivity index (χ1v) is 22.7. The van der Waals surface area contributed by atoms with E-state index in [1.807, 2.05) is 0 Å². The van der Waals surface area contributed by atoms with Gasteiger partial charge in [0.15, 0.2) is 0 Å². The van der Waals surface area contributed by atoms with E-state index in [9.17, 15) is 35.4 Å². The molecule has 9 nitrogen and oxygen atoms in total. The predicted molar refractivity (Wildman–Crippen MR) is 217 cm³/mol. The summed E-state index contributed by atoms with van der Waals surface area (Å²) in [7, 11) is 0. The van der Waals surface area contributed by atoms with Crippen molar-refractivity contribution >= 4 is 5.91 Å². The Balaban J connectivity index is 2.39. The Morgan fingerprint density at radius 2 is 0.887 bits per heavy atom. The normalized spacial score (nSPS) is 22.2. The molecule has 0 aliphatic carbocycles. The predicted octanol–water partition coefficient (Wildman–Crippen LogP) is 8.56. The fourth-order valence-corrected chi connectivity index (χ4v) is 7.85. The molecule has 1 saturated heterocycles. The average molecular weight is 758 g/mol. The molecule has 0 saturated carbocycles. The zero-order valence-electron chi connectivity index (χ0n) is 34.5. The van der Waals surface area contributed by atoms with Crippen LogP contribution >= 0.6 is 0 Å². The fraction of sp³-hybridized carbons (Fsp3) is 0.977. The van der Waals surface area contributed by atoms with Crippen molar-refractivity contribution in [1.29, 1.82) is 0 Å². The number of aliphatic hydroxyl groups excluding tert-OH is 6. The molecule has 1 aliphatic heterocycles. The zero-order chi connectivity index (χ0) is 38.9. The lowest BCUT2D eigenvalue weighted by atomic mass is 9.87. The number of amides is 1. The monoisotopic (exact) mass is 758 g/mol. The number of carbonyl (C=O) groups excluding carboxylic acids is 1. The number of nitrogens with one attached hydrogen (secondary N) is 1. The Labute approximate surface area is 325 Å². The average Bonchev–Trinajstić information content (AvgIpc) is 3.15. The van der Waals surface area contributed by atoms with Gasteiger partial charge in [0.05, 0.1) is 18.8 Å². The van der Waals surface area contributed by atoms with Crippen molar-refractivity contribution in [3.05, 3.63) is 0 Å². The van der Waals surface area contributed by atoms with E-state index >= 15 is 0 Å². The molecule has 0 spiro atoms. The lowest BCUT2D eigenvalue weighted by Crippen LogP contribution is -2.66. The molecule has 3 unspecified atom stereocenters. The van der Waals surface area contributed by atoms with Crippen LogP contribution in [0.1, 0.15) is 219 Å². The summed E-state index contributed by atoms with van der Waals surface area (Å²) in [6.45, 7) is 3.89. The number of carbonyl (C=O) groups is 1. The first kappa shape index (κ1) is 50.2. The van der Waals surface area contributed by atoms with Crippen molar-refractivity contribution in [1.82, 2.24) is 5.32 Å². The van der Waals surface area contributed by atoms with Gasteiger partial charge in [-0.1, -0.05) is 200 Å². The molecule has 1 fully saturated rings. The van der Waals surface area contributed by atoms with Crippen LogP contribution in [0.5, 0.6) is 0 Å². The standard InChI is InChI=1S/C44H87NO8/c1-3-5-7-9-11-13-15-17-18-19-20-22-24-26-28-30-32-34-38(48)45-39(41(50)44-43(52)42(51)40(49)37(35-46)53-44)36(47)33-31-29-27-25-23-21-16-14-12-10-8-6-4-2/h36-37,39-44,46-47,49-52H,3-35H2,1-2H3,(H,45,48)/t36?,37-,39?,40-,41?,42+,43-,44+/m1/s1. The van der Waals surface area contributed by atoms with E-state index in [0.717, 1.165) is 44.9 Å². The first-order chi connectivity index (χ1) is 25.8. The summed E-state index contributed by atoms with van der Waals surface area (Å²) in [5, 5.41) is 66.2. The van der Waals surface area contributed by atoms with Crippen LogP contribution in [0.4, 0.5) is 0 Å². The molecular formula is C44H87NO8. The quantitative estimate of drug-likeness (QED) is 0.0311. The molecule has 316 valence electrons. The fourth-order valence-electron chi connectivity index (χ4n) is 7.85. The van der Waals surface area contributed by atoms with E-state index in [0.29, 0.717) is 12.8 Å². The van der Waals surface area contributed by atoms with Gasteiger partial charge in [-0.15, -0.1) is 0 Å². The summed E-state index contributed by atoms with van der Waals surface area (Å²) in [5.74, 6) is -0.288. The van der Waals surface area contributed by atoms with Crippen molar-refractivity contribution in [3.8, 4) is 0 Å². The van der Waals surface area contributed by atoms with Crippen molar-refractivity contribution in [2.75, 3.05) is 6.61 Å². The van der Waals surface area contributed by atoms with Gasteiger partial charge in [0.25, 0.3) is 0 Å². The minimum absolute atomic E-state index is 0.266. The van der Waals surface area contributed by atoms with E-state index in [2.05, 4.69) is 19.2 Å². The Morgan fingerprint density at radius 1 is 0.528 bits per heavy atom. The van der Waals surface area contributed by atoms with Gasteiger partial charge < -0.3 is 40.7 Å². The minimum atomic E-state index is -1.66. The molecule has 0 aromatic heterocycles. The molecule has 0 aromatic rings. The third-order valence-electron chi connectivity index (χ3n) is 11.5. The second-order valence-electron chi connectivity index (χ2n) is 16.4. The van der Waals surface area contributed by atoms with Crippen molar-refractivity contribution < 1.29 is 40.2 Å². The molecule has 0 aromatic carbocycles. The van der Waals surface area contributed by atoms with Crippen molar-refractivity contribution in [2.24, 2.45) is 0 Å². The lowest BCUT2D eigenvalue weighted by molar-refractivity contribution is -0.253. The molecule has 53 heavy (non-hydrogen) atoms. The van der Waals surface area contributed by atoms with E-state index in [-0.39, 0.29) is 12.3 Å². The van der Waals surface area contributed by atoms with Gasteiger partial charge >= 0.3 is 0 Å². The Bertz CT molecular complexity index is 816. The summed E-state index contributed by atoms with van der Waals surface area (Å²) in [6, 6.07) is -1.13. The highest BCUT2D eigenvalue weighted by atomic mass is 16.6. The molecule has 8 atom stereocenters. The van der Waals surface area contributed by atoms with E-state index in [1.54, 1.807) is 0 Å². The number of rotatable bonds is 37. The maximum atomic E-state index is 13.0. The number of ether oxygens (including phenoxy) is 1. The smallest absolute Gasteiger partial charge is 0.220 e. The number of hydrogen-bond acceptors (Lipinski definition) is 8. The second-order valence-corrected chi connectivity index (χ2v) is 16.4. The number of hydrogen-bond donors (Lipinski definition) is 7. The van der Waals surface area contributed by atoms with E-state index < -0.39 is 55.4 Å². The van der Waals surface area contributed by atoms with Crippen LogP contribution in [0, 0.1) is 0 Å². The Hall–Kier alpha value is -0.810. The van der Waals surface area contributed by atoms with Gasteiger partial charge in [0.1, 0.15) is 36.6 Å². The molecule has 0 bridgehead atoms. The van der Waals surface area contributed by atoms with Crippen LogP contribution in [-0.4, -0.2) is 91.9 Å². The summed E-state index contributed by atoms with van der Waals surface area (Å²) in [5.41, 5.74) is 0. The number of aliphatic hydroxyl groups is 6. The third-order valence-corrected chi connectivity index (χ3v) is 11.5. The van der Waals surface area contributed by atoms with Crippen LogP contribution in [0.3, 0.4) is 0 Å². The minimum Gasteiger partial charge on any atom is -0.394 e. The van der Waals surface area contributed by atoms with Gasteiger partial charge in [-0.25, -0.2) is 0 Å². The SMILES string of the molecule is CCCCCCCCCCCCCCCCCCCC(=O)NC(C(O)CCCCCCCCCCCCCCC)C(O)[C@@H]1O[C@H](CO)[C@@H](O)[C@H](O)[C@H]1O. The highest BCUT2D eigenvalue weighted by Gasteiger charge is 2.48. The number of unbranched alkanes of at least 4 members (excludes halogenated alkanes) is 28. The van der Waals surface area contributed by atoms with Crippen molar-refractivity contribution in [3.63, 3.8) is 0 Å². The van der Waals surface area contributed by atoms with Crippen LogP contribution in [0.15, 0.2) is 0 Å². The van der Waals surface area contributed by atoms with Crippen LogP contribution in [0.25, 0.3) is 0 Å². The second kappa shape index (κ2) is 34.4. The van der Waals surface area contributed by atoms with Gasteiger partial charge in [0.2, 0.25) is 5.91 Å². The van der Waals surface area contributed by atoms with Gasteiger partial charge in [0, 0.05) is 6.42 Å². The first-order valence-electron chi connectivity index (χ1n) is 22.7. The summed E-state index contributed by atoms with van der Waals surface area (Å²) >= 11 is 0. The molecule has 7 N–H and O–H groups in total. The van der Waals surface area contributed by atoms with Crippen LogP contribution in [-0.2, 0) is 9.53 Å². The molecular weight excluding hydrogens is 670 g/mol. The summed E-state index contributed by atoms with van der Waals surface area (Å²) in [4.78, 5) is 13.0. The summed E-state index contributed by atoms with van der Waals surface area (Å²) < 4.78 is 5.60. The third kappa shape index (κ3) is 24.4. The topological polar surface area (TPSA) is 160 Å². The molecule has 9 heteroatoms. The molecule has 1 heterocycles. The largest absolute Gasteiger partial charge is 0.394 e. The van der Waals surface area contributed by atoms with E-state index in [1.165, 1.54) is 141 Å². The molecule has 0 radical (unpaired) electrons. The van der Waals surface area contributed by atoms with Gasteiger partial charge in [-0.2, -0.15) is 0 Å². The maximum absolute atomic E-state index is 13.0. The summed E-state index contributed by atoms with van der Waals surface area (Å²) in [6.07, 6.45) is 27.5. The zero-order valence-corrected chi connectivity index (χ0v) is 34.5. The molecule has 1 rings (SSSR count). The van der Waals surface area contributed by atoms with Crippen molar-refractivity contribution in [2.45, 2.75) is 268 Å². The van der Waals surface area contributed by atoms with Crippen LogP contribution in [0.2, 0.25) is 0 Å². The van der Waals surface area contributed by atoms with Gasteiger partial charge in [-0.3, -0.25) is 4.79 Å². The molecule has 1 amide bonds. The van der Waals surface area contributed by atoms with Crippen LogP contribution < -0.4 is 5.32 Å². The lowest BCUT2D eigenvalue weighted by Gasteiger charge is -2.44. The van der Waals surface area contributed by atoms with Gasteiger partial charge in [-0.05, 0) is 12.8 Å². The highest BCUT2D eigenvalue weighted by molar-refractivity contribution is 5.76. The van der Waals surface area contributed by atoms with E-state index in [4.69, 9.17) is 4.74 Å².